The molecule has 0 aromatic carbocycles. The van der Waals surface area contributed by atoms with E-state index in [1.807, 2.05) is 0 Å². The Morgan fingerprint density at radius 2 is 1.75 bits per heavy atom. The molecule has 2 unspecified atom stereocenters. The number of aliphatic hydroxyl groups is 4. The number of aliphatic hydroxyl groups excluding tert-OH is 4. The summed E-state index contributed by atoms with van der Waals surface area (Å²) in [6.07, 6.45) is -3.36. The van der Waals surface area contributed by atoms with Gasteiger partial charge in [0.1, 0.15) is 41.8 Å². The fourth-order valence-electron chi connectivity index (χ4n) is 5.09. The molecule has 1 saturated heterocycles. The van der Waals surface area contributed by atoms with Crippen molar-refractivity contribution in [3.8, 4) is 0 Å². The summed E-state index contributed by atoms with van der Waals surface area (Å²) in [7, 11) is -10.6. The Morgan fingerprint density at radius 1 is 1.05 bits per heavy atom. The van der Waals surface area contributed by atoms with Gasteiger partial charge in [0.25, 0.3) is 5.91 Å². The van der Waals surface area contributed by atoms with E-state index in [0.29, 0.717) is 0 Å². The van der Waals surface area contributed by atoms with Crippen LogP contribution in [0.25, 0.3) is 11.2 Å². The second kappa shape index (κ2) is 12.4. The fraction of sp³-hybridized carbons (Fsp3) is 0.500. The summed E-state index contributed by atoms with van der Waals surface area (Å²) in [5.74, 6) is -1.58. The Kier molecular flexibility index (Phi) is 9.16. The Morgan fingerprint density at radius 3 is 2.45 bits per heavy atom. The number of fused-ring (bicyclic) bond motifs is 1. The van der Waals surface area contributed by atoms with Gasteiger partial charge in [-0.15, -0.1) is 0 Å². The minimum Gasteiger partial charge on any atom is -0.390 e. The summed E-state index contributed by atoms with van der Waals surface area (Å²) in [6, 6.07) is 2.21. The Hall–Kier alpha value is -2.97. The molecule has 0 radical (unpaired) electrons. The molecule has 20 nitrogen and oxygen atoms in total. The number of aromatic nitrogens is 5. The normalized spacial score (nSPS) is 31.6. The van der Waals surface area contributed by atoms with Crippen LogP contribution in [0.3, 0.4) is 0 Å². The molecule has 240 valence electrons. The largest absolute Gasteiger partial charge is 0.481 e. The van der Waals surface area contributed by atoms with Crippen LogP contribution in [0.2, 0.25) is 0 Å². The smallest absolute Gasteiger partial charge is 0.390 e. The molecule has 3 aromatic rings. The number of amides is 1. The molecule has 0 spiro atoms. The van der Waals surface area contributed by atoms with Gasteiger partial charge >= 0.3 is 15.6 Å². The number of hydrogen-bond acceptors (Lipinski definition) is 15. The van der Waals surface area contributed by atoms with Crippen LogP contribution in [0.15, 0.2) is 37.2 Å². The van der Waals surface area contributed by atoms with Crippen molar-refractivity contribution in [1.29, 1.82) is 0 Å². The summed E-state index contributed by atoms with van der Waals surface area (Å²) in [6.45, 7) is -1.55. The number of ether oxygens (including phenoxy) is 1. The molecule has 1 aliphatic heterocycles. The molecule has 22 heteroatoms. The van der Waals surface area contributed by atoms with Gasteiger partial charge in [-0.25, -0.2) is 24.1 Å². The highest BCUT2D eigenvalue weighted by Crippen LogP contribution is 2.61. The molecule has 10 N–H and O–H groups in total. The van der Waals surface area contributed by atoms with Crippen molar-refractivity contribution in [3.05, 3.63) is 42.7 Å². The molecule has 3 aromatic heterocycles. The van der Waals surface area contributed by atoms with Gasteiger partial charge in [0.15, 0.2) is 36.1 Å². The average molecular weight is 662 g/mol. The van der Waals surface area contributed by atoms with E-state index in [1.54, 1.807) is 0 Å². The van der Waals surface area contributed by atoms with E-state index in [4.69, 9.17) is 25.3 Å². The fourth-order valence-corrected chi connectivity index (χ4v) is 7.23. The number of carbonyl (C=O) groups excluding carboxylic acids is 1. The lowest BCUT2D eigenvalue weighted by molar-refractivity contribution is -0.728. The van der Waals surface area contributed by atoms with Gasteiger partial charge in [-0.2, -0.15) is 8.88 Å². The van der Waals surface area contributed by atoms with E-state index in [0.717, 1.165) is 6.33 Å². The molecular formula is C22H30N7O13P2+. The number of nitrogen functional groups attached to an aromatic ring is 1. The predicted molar refractivity (Wildman–Crippen MR) is 143 cm³/mol. The lowest BCUT2D eigenvalue weighted by atomic mass is 10.1. The first kappa shape index (κ1) is 32.4. The number of hydrogen-bond donors (Lipinski definition) is 8. The van der Waals surface area contributed by atoms with Gasteiger partial charge < -0.3 is 46.4 Å². The summed E-state index contributed by atoms with van der Waals surface area (Å²) in [5.41, 5.74) is 11.6. The minimum atomic E-state index is -5.33. The number of nitrogens with two attached hydrogens (primary N) is 2. The van der Waals surface area contributed by atoms with Crippen LogP contribution >= 0.6 is 15.6 Å². The summed E-state index contributed by atoms with van der Waals surface area (Å²) >= 11 is 0. The maximum atomic E-state index is 12.5. The molecule has 2 aliphatic rings. The SMILES string of the molecule is NC(=O)c1ccc[n+]([C@@H]2C[C@H](COP(=O)(O)OP(=O)(O)OC[C@H]3O[C@@H](n4cnc5c(N)ncnc54)[C@H](O)[C@@H]3O)[C@@H](O)[C@H]2O)c1. The number of carbonyl (C=O) groups is 1. The first-order chi connectivity index (χ1) is 20.7. The van der Waals surface area contributed by atoms with Crippen molar-refractivity contribution in [2.45, 2.75) is 49.2 Å². The zero-order chi connectivity index (χ0) is 32.0. The van der Waals surface area contributed by atoms with Gasteiger partial charge in [0.05, 0.1) is 25.6 Å². The predicted octanol–water partition coefficient (Wildman–Crippen LogP) is -2.35. The first-order valence-electron chi connectivity index (χ1n) is 12.9. The molecule has 2 fully saturated rings. The van der Waals surface area contributed by atoms with E-state index in [9.17, 15) is 44.1 Å². The quantitative estimate of drug-likeness (QED) is 0.0787. The third-order valence-corrected chi connectivity index (χ3v) is 9.92. The molecule has 44 heavy (non-hydrogen) atoms. The van der Waals surface area contributed by atoms with Crippen molar-refractivity contribution < 1.29 is 66.8 Å². The number of nitrogens with zero attached hydrogens (tertiary/aromatic N) is 5. The monoisotopic (exact) mass is 662 g/mol. The number of anilines is 1. The van der Waals surface area contributed by atoms with Gasteiger partial charge in [-0.05, 0) is 6.07 Å². The van der Waals surface area contributed by atoms with Crippen LogP contribution in [0.1, 0.15) is 29.0 Å². The molecular weight excluding hydrogens is 632 g/mol. The van der Waals surface area contributed by atoms with Crippen molar-refractivity contribution in [2.75, 3.05) is 18.9 Å². The summed E-state index contributed by atoms with van der Waals surface area (Å²) < 4.78 is 47.1. The minimum absolute atomic E-state index is 0.0216. The third kappa shape index (κ3) is 6.66. The van der Waals surface area contributed by atoms with E-state index < -0.39 is 83.5 Å². The number of phosphoric ester groups is 2. The number of pyridine rings is 1. The van der Waals surface area contributed by atoms with Crippen molar-refractivity contribution in [3.63, 3.8) is 0 Å². The second-order valence-corrected chi connectivity index (χ2v) is 13.2. The van der Waals surface area contributed by atoms with Crippen LogP contribution in [-0.2, 0) is 27.2 Å². The van der Waals surface area contributed by atoms with Crippen molar-refractivity contribution >= 4 is 38.5 Å². The number of imidazole rings is 1. The number of rotatable bonds is 11. The molecule has 1 amide bonds. The van der Waals surface area contributed by atoms with Gasteiger partial charge in [0.2, 0.25) is 0 Å². The highest BCUT2D eigenvalue weighted by atomic mass is 31.3. The van der Waals surface area contributed by atoms with Crippen molar-refractivity contribution in [1.82, 2.24) is 19.5 Å². The van der Waals surface area contributed by atoms with Crippen LogP contribution in [0.5, 0.6) is 0 Å². The van der Waals surface area contributed by atoms with Gasteiger partial charge in [-0.1, -0.05) is 0 Å². The average Bonchev–Trinajstić information content (AvgIpc) is 3.61. The van der Waals surface area contributed by atoms with Crippen LogP contribution < -0.4 is 16.0 Å². The number of phosphoric acid groups is 2. The highest BCUT2D eigenvalue weighted by molar-refractivity contribution is 7.61. The zero-order valence-corrected chi connectivity index (χ0v) is 24.3. The standard InChI is InChI=1S/C22H29N7O13P2/c23-19-14-21(26-8-25-19)29(9-27-14)22-18(33)17(32)13(41-22)7-40-44(37,38)42-43(35,36)39-6-11-4-12(16(31)15(11)30)28-3-1-2-10(5-28)20(24)34/h1-3,5,8-9,11-13,15-18,22,30-33H,4,6-7H2,(H5-,23,24,25,26,34,35,36,37,38)/p+1/t11-,12-,13-,15-,16+,17-,18-,22-/m1/s1. The van der Waals surface area contributed by atoms with E-state index in [2.05, 4.69) is 19.3 Å². The summed E-state index contributed by atoms with van der Waals surface area (Å²) in [5, 5.41) is 41.9. The van der Waals surface area contributed by atoms with E-state index in [1.165, 1.54) is 40.0 Å². The molecule has 1 saturated carbocycles. The molecule has 10 atom stereocenters. The molecule has 4 heterocycles. The Bertz CT molecular complexity index is 1630. The highest BCUT2D eigenvalue weighted by Gasteiger charge is 2.49. The Balaban J connectivity index is 1.16. The first-order valence-corrected chi connectivity index (χ1v) is 15.9. The maximum absolute atomic E-state index is 12.5. The van der Waals surface area contributed by atoms with Crippen LogP contribution in [0, 0.1) is 5.92 Å². The maximum Gasteiger partial charge on any atom is 0.481 e. The van der Waals surface area contributed by atoms with Gasteiger partial charge in [-0.3, -0.25) is 18.4 Å². The van der Waals surface area contributed by atoms with Crippen LogP contribution in [-0.4, -0.2) is 99.4 Å². The van der Waals surface area contributed by atoms with Crippen LogP contribution in [0.4, 0.5) is 5.82 Å². The van der Waals surface area contributed by atoms with E-state index in [-0.39, 0.29) is 29.0 Å². The Labute approximate surface area is 247 Å². The third-order valence-electron chi connectivity index (χ3n) is 7.32. The topological polar surface area (TPSA) is 309 Å². The molecule has 5 rings (SSSR count). The van der Waals surface area contributed by atoms with Crippen molar-refractivity contribution in [2.24, 2.45) is 11.7 Å². The lowest BCUT2D eigenvalue weighted by Gasteiger charge is -2.20. The zero-order valence-electron chi connectivity index (χ0n) is 22.5. The molecule has 1 aliphatic carbocycles. The lowest BCUT2D eigenvalue weighted by Crippen LogP contribution is -2.45. The van der Waals surface area contributed by atoms with Gasteiger partial charge in [0, 0.05) is 18.4 Å². The summed E-state index contributed by atoms with van der Waals surface area (Å²) in [4.78, 5) is 43.5. The number of primary amides is 1. The second-order valence-electron chi connectivity index (χ2n) is 10.2. The van der Waals surface area contributed by atoms with E-state index >= 15 is 0 Å². The molecule has 0 bridgehead atoms.